The molecule has 0 radical (unpaired) electrons. The van der Waals surface area contributed by atoms with E-state index in [0.29, 0.717) is 17.7 Å². The van der Waals surface area contributed by atoms with E-state index in [4.69, 9.17) is 0 Å². The maximum atomic E-state index is 12.8. The molecule has 34 heavy (non-hydrogen) atoms. The molecule has 168 valence electrons. The molecule has 1 aliphatic carbocycles. The fourth-order valence-corrected chi connectivity index (χ4v) is 4.80. The number of carbonyl (C=O) groups excluding carboxylic acids is 1. The molecule has 2 heterocycles. The Hall–Kier alpha value is -4.36. The summed E-state index contributed by atoms with van der Waals surface area (Å²) in [6.07, 6.45) is 6.74. The van der Waals surface area contributed by atoms with Gasteiger partial charge in [-0.25, -0.2) is 23.1 Å². The van der Waals surface area contributed by atoms with Gasteiger partial charge in [0.1, 0.15) is 6.07 Å². The number of hydrogen-bond acceptors (Lipinski definition) is 7. The number of nitriles is 1. The largest absolute Gasteiger partial charge is 0.326 e. The minimum absolute atomic E-state index is 0.00245. The number of aromatic nitrogens is 3. The zero-order valence-electron chi connectivity index (χ0n) is 17.7. The first kappa shape index (κ1) is 21.5. The van der Waals surface area contributed by atoms with Crippen molar-refractivity contribution in [3.8, 4) is 6.07 Å². The number of amides is 1. The molecule has 0 spiro atoms. The Morgan fingerprint density at radius 3 is 2.56 bits per heavy atom. The Bertz CT molecular complexity index is 1530. The van der Waals surface area contributed by atoms with Crippen LogP contribution >= 0.6 is 0 Å². The second-order valence-electron chi connectivity index (χ2n) is 7.92. The Labute approximate surface area is 195 Å². The molecule has 9 nitrogen and oxygen atoms in total. The van der Waals surface area contributed by atoms with Crippen LogP contribution in [0, 0.1) is 17.2 Å². The second-order valence-corrected chi connectivity index (χ2v) is 9.60. The fourth-order valence-electron chi connectivity index (χ4n) is 3.84. The number of benzene rings is 2. The van der Waals surface area contributed by atoms with Gasteiger partial charge < -0.3 is 5.32 Å². The van der Waals surface area contributed by atoms with Crippen LogP contribution in [0.25, 0.3) is 10.8 Å². The van der Waals surface area contributed by atoms with Gasteiger partial charge in [0.05, 0.1) is 10.5 Å². The molecule has 2 aromatic carbocycles. The van der Waals surface area contributed by atoms with Crippen LogP contribution in [-0.2, 0) is 14.8 Å². The summed E-state index contributed by atoms with van der Waals surface area (Å²) < 4.78 is 27.4. The van der Waals surface area contributed by atoms with Gasteiger partial charge in [-0.05, 0) is 48.2 Å². The smallest absolute Gasteiger partial charge is 0.264 e. The van der Waals surface area contributed by atoms with Crippen molar-refractivity contribution in [1.29, 1.82) is 5.26 Å². The van der Waals surface area contributed by atoms with Gasteiger partial charge in [-0.2, -0.15) is 5.26 Å². The minimum atomic E-state index is -3.81. The van der Waals surface area contributed by atoms with E-state index >= 15 is 0 Å². The van der Waals surface area contributed by atoms with E-state index in [2.05, 4.69) is 31.1 Å². The molecule has 2 atom stereocenters. The van der Waals surface area contributed by atoms with E-state index in [1.807, 2.05) is 6.07 Å². The number of hydrogen-bond donors (Lipinski definition) is 2. The monoisotopic (exact) mass is 470 g/mol. The summed E-state index contributed by atoms with van der Waals surface area (Å²) in [5.41, 5.74) is 1.95. The van der Waals surface area contributed by atoms with E-state index in [0.717, 1.165) is 16.3 Å². The van der Waals surface area contributed by atoms with Crippen molar-refractivity contribution in [1.82, 2.24) is 15.0 Å². The van der Waals surface area contributed by atoms with Crippen molar-refractivity contribution in [2.45, 2.75) is 17.2 Å². The normalized spacial score (nSPS) is 17.0. The van der Waals surface area contributed by atoms with Gasteiger partial charge in [0, 0.05) is 47.2 Å². The molecule has 10 heteroatoms. The first-order valence-electron chi connectivity index (χ1n) is 10.4. The standard InChI is InChI=1S/C24H18N6O3S/c25-12-17-14-26-13-16-2-5-18(10-20(16)17)29-23(31)22-11-21(22)15-3-6-19(7-4-15)34(32,33)30-24-27-8-1-9-28-24/h1-10,13-14,21-22H,11H2,(H,29,31)(H,27,28,30)/t21?,22-/m1/s1. The lowest BCUT2D eigenvalue weighted by Crippen LogP contribution is -2.15. The van der Waals surface area contributed by atoms with Crippen LogP contribution in [0.3, 0.4) is 0 Å². The lowest BCUT2D eigenvalue weighted by Gasteiger charge is -2.08. The third kappa shape index (κ3) is 4.29. The van der Waals surface area contributed by atoms with Crippen molar-refractivity contribution < 1.29 is 13.2 Å². The summed E-state index contributed by atoms with van der Waals surface area (Å²) in [6.45, 7) is 0. The average Bonchev–Trinajstić information content (AvgIpc) is 3.65. The maximum Gasteiger partial charge on any atom is 0.264 e. The van der Waals surface area contributed by atoms with Crippen molar-refractivity contribution in [3.05, 3.63) is 84.4 Å². The summed E-state index contributed by atoms with van der Waals surface area (Å²) in [4.78, 5) is 24.6. The third-order valence-corrected chi connectivity index (χ3v) is 7.03. The van der Waals surface area contributed by atoms with E-state index in [-0.39, 0.29) is 28.6 Å². The lowest BCUT2D eigenvalue weighted by molar-refractivity contribution is -0.117. The van der Waals surface area contributed by atoms with Gasteiger partial charge in [-0.15, -0.1) is 0 Å². The Morgan fingerprint density at radius 2 is 1.82 bits per heavy atom. The first-order chi connectivity index (χ1) is 16.4. The summed E-state index contributed by atoms with van der Waals surface area (Å²) in [6, 6.07) is 15.5. The Kier molecular flexibility index (Phi) is 5.39. The van der Waals surface area contributed by atoms with Gasteiger partial charge in [-0.1, -0.05) is 18.2 Å². The summed E-state index contributed by atoms with van der Waals surface area (Å²) >= 11 is 0. The van der Waals surface area contributed by atoms with Gasteiger partial charge >= 0.3 is 0 Å². The number of nitrogens with one attached hydrogen (secondary N) is 2. The van der Waals surface area contributed by atoms with Crippen LogP contribution in [0.4, 0.5) is 11.6 Å². The molecule has 1 saturated carbocycles. The summed E-state index contributed by atoms with van der Waals surface area (Å²) in [5.74, 6) is -0.308. The lowest BCUT2D eigenvalue weighted by atomic mass is 10.1. The number of rotatable bonds is 6. The highest BCUT2D eigenvalue weighted by Crippen LogP contribution is 2.48. The number of carbonyl (C=O) groups is 1. The number of anilines is 2. The molecule has 1 unspecified atom stereocenters. The van der Waals surface area contributed by atoms with Crippen LogP contribution in [0.15, 0.2) is 78.2 Å². The highest BCUT2D eigenvalue weighted by atomic mass is 32.2. The molecule has 4 aromatic rings. The van der Waals surface area contributed by atoms with Gasteiger partial charge in [-0.3, -0.25) is 9.78 Å². The van der Waals surface area contributed by atoms with Crippen LogP contribution in [0.1, 0.15) is 23.5 Å². The molecule has 0 saturated heterocycles. The highest BCUT2D eigenvalue weighted by Gasteiger charge is 2.44. The van der Waals surface area contributed by atoms with Crippen LogP contribution in [-0.4, -0.2) is 29.3 Å². The van der Waals surface area contributed by atoms with E-state index in [1.165, 1.54) is 30.7 Å². The summed E-state index contributed by atoms with van der Waals surface area (Å²) in [5, 5.41) is 13.8. The van der Waals surface area contributed by atoms with E-state index in [9.17, 15) is 18.5 Å². The zero-order valence-corrected chi connectivity index (χ0v) is 18.5. The summed E-state index contributed by atoms with van der Waals surface area (Å²) in [7, 11) is -3.81. The predicted molar refractivity (Wildman–Crippen MR) is 125 cm³/mol. The SMILES string of the molecule is N#Cc1cncc2ccc(NC(=O)[C@@H]3CC3c3ccc(S(=O)(=O)Nc4ncccn4)cc3)cc12. The van der Waals surface area contributed by atoms with Gasteiger partial charge in [0.25, 0.3) is 10.0 Å². The number of pyridine rings is 1. The van der Waals surface area contributed by atoms with Gasteiger partial charge in [0.2, 0.25) is 11.9 Å². The fraction of sp³-hybridized carbons (Fsp3) is 0.125. The number of sulfonamides is 1. The topological polar surface area (TPSA) is 138 Å². The molecule has 0 aliphatic heterocycles. The predicted octanol–water partition coefficient (Wildman–Crippen LogP) is 3.44. The molecule has 1 fully saturated rings. The molecule has 2 aromatic heterocycles. The van der Waals surface area contributed by atoms with Crippen LogP contribution < -0.4 is 10.0 Å². The Balaban J connectivity index is 1.26. The van der Waals surface area contributed by atoms with Crippen LogP contribution in [0.2, 0.25) is 0 Å². The Morgan fingerprint density at radius 1 is 1.06 bits per heavy atom. The first-order valence-corrected chi connectivity index (χ1v) is 11.9. The van der Waals surface area contributed by atoms with Crippen LogP contribution in [0.5, 0.6) is 0 Å². The zero-order chi connectivity index (χ0) is 23.7. The van der Waals surface area contributed by atoms with Gasteiger partial charge in [0.15, 0.2) is 0 Å². The van der Waals surface area contributed by atoms with Crippen molar-refractivity contribution in [2.24, 2.45) is 5.92 Å². The van der Waals surface area contributed by atoms with E-state index in [1.54, 1.807) is 36.5 Å². The highest BCUT2D eigenvalue weighted by molar-refractivity contribution is 7.92. The number of nitrogens with zero attached hydrogens (tertiary/aromatic N) is 4. The molecular formula is C24H18N6O3S. The van der Waals surface area contributed by atoms with E-state index < -0.39 is 10.0 Å². The maximum absolute atomic E-state index is 12.8. The number of fused-ring (bicyclic) bond motifs is 1. The molecule has 1 amide bonds. The second kappa shape index (κ2) is 8.53. The average molecular weight is 471 g/mol. The third-order valence-electron chi connectivity index (χ3n) is 5.69. The van der Waals surface area contributed by atoms with Crippen molar-refractivity contribution >= 4 is 38.3 Å². The van der Waals surface area contributed by atoms with Crippen molar-refractivity contribution in [2.75, 3.05) is 10.0 Å². The molecule has 1 aliphatic rings. The molecule has 0 bridgehead atoms. The molecular weight excluding hydrogens is 452 g/mol. The minimum Gasteiger partial charge on any atom is -0.326 e. The van der Waals surface area contributed by atoms with Crippen molar-refractivity contribution in [3.63, 3.8) is 0 Å². The molecule has 2 N–H and O–H groups in total. The molecule has 5 rings (SSSR count). The quantitative estimate of drug-likeness (QED) is 0.440.